The van der Waals surface area contributed by atoms with Crippen LogP contribution in [0, 0.1) is 20.8 Å². The summed E-state index contributed by atoms with van der Waals surface area (Å²) >= 11 is 6.13. The largest absolute Gasteiger partial charge is 0.497 e. The van der Waals surface area contributed by atoms with Crippen molar-refractivity contribution in [1.29, 1.82) is 0 Å². The normalized spacial score (nSPS) is 10.8. The third-order valence-electron chi connectivity index (χ3n) is 4.58. The lowest BCUT2D eigenvalue weighted by Gasteiger charge is -2.12. The van der Waals surface area contributed by atoms with Crippen LogP contribution in [0.1, 0.15) is 38.3 Å². The van der Waals surface area contributed by atoms with Crippen LogP contribution in [0.2, 0.25) is 5.15 Å². The highest BCUT2D eigenvalue weighted by molar-refractivity contribution is 6.29. The maximum Gasteiger partial charge on any atom is 0.280 e. The Morgan fingerprint density at radius 1 is 1.11 bits per heavy atom. The van der Waals surface area contributed by atoms with Gasteiger partial charge in [0.05, 0.1) is 13.7 Å². The van der Waals surface area contributed by atoms with Crippen LogP contribution in [-0.4, -0.2) is 22.4 Å². The second-order valence-electron chi connectivity index (χ2n) is 6.80. The molecule has 5 nitrogen and oxygen atoms in total. The summed E-state index contributed by atoms with van der Waals surface area (Å²) < 4.78 is 6.55. The number of ketones is 1. The summed E-state index contributed by atoms with van der Waals surface area (Å²) in [5.74, 6) is 0.316. The average molecular weight is 397 g/mol. The van der Waals surface area contributed by atoms with Gasteiger partial charge in [-0.05, 0) is 49.6 Å². The first-order valence-corrected chi connectivity index (χ1v) is 9.20. The van der Waals surface area contributed by atoms with Crippen LogP contribution >= 0.6 is 11.6 Å². The molecule has 0 bridgehead atoms. The zero-order chi connectivity index (χ0) is 20.4. The summed E-state index contributed by atoms with van der Waals surface area (Å²) in [6.45, 7) is 5.95. The van der Waals surface area contributed by atoms with E-state index in [4.69, 9.17) is 16.3 Å². The van der Waals surface area contributed by atoms with Crippen LogP contribution in [0.25, 0.3) is 0 Å². The topological polar surface area (TPSA) is 61.2 Å². The number of methoxy groups -OCH3 is 1. The number of benzene rings is 2. The molecule has 3 aromatic rings. The van der Waals surface area contributed by atoms with Gasteiger partial charge < -0.3 is 9.30 Å². The summed E-state index contributed by atoms with van der Waals surface area (Å²) in [5.41, 5.74) is 3.42. The lowest BCUT2D eigenvalue weighted by atomic mass is 9.95. The van der Waals surface area contributed by atoms with Gasteiger partial charge in [0, 0.05) is 11.8 Å². The fourth-order valence-electron chi connectivity index (χ4n) is 3.36. The first-order valence-electron chi connectivity index (χ1n) is 8.82. The Bertz CT molecular complexity index is 1080. The predicted molar refractivity (Wildman–Crippen MR) is 110 cm³/mol. The summed E-state index contributed by atoms with van der Waals surface area (Å²) in [7, 11) is 1.59. The summed E-state index contributed by atoms with van der Waals surface area (Å²) in [5, 5.41) is 0.0962. The molecule has 6 heteroatoms. The number of carbonyl (C=O) groups excluding carboxylic acids is 1. The third kappa shape index (κ3) is 3.99. The number of carbonyl (C=O) groups is 1. The monoisotopic (exact) mass is 396 g/mol. The maximum atomic E-state index is 13.1. The molecule has 0 amide bonds. The summed E-state index contributed by atoms with van der Waals surface area (Å²) in [6, 6.07) is 11.2. The van der Waals surface area contributed by atoms with E-state index in [2.05, 4.69) is 4.98 Å². The van der Waals surface area contributed by atoms with Crippen LogP contribution in [0.3, 0.4) is 0 Å². The van der Waals surface area contributed by atoms with E-state index >= 15 is 0 Å². The molecule has 0 atom stereocenters. The van der Waals surface area contributed by atoms with Crippen molar-refractivity contribution in [1.82, 2.24) is 9.55 Å². The molecular formula is C22H21ClN2O3. The molecule has 3 rings (SSSR count). The predicted octanol–water partition coefficient (Wildman–Crippen LogP) is 4.11. The molecule has 2 aromatic carbocycles. The number of hydrogen-bond acceptors (Lipinski definition) is 4. The first kappa shape index (κ1) is 19.8. The molecule has 144 valence electrons. The van der Waals surface area contributed by atoms with E-state index < -0.39 is 11.3 Å². The molecule has 0 N–H and O–H groups in total. The quantitative estimate of drug-likeness (QED) is 0.609. The van der Waals surface area contributed by atoms with Crippen molar-refractivity contribution < 1.29 is 9.53 Å². The van der Waals surface area contributed by atoms with E-state index in [1.165, 1.54) is 10.8 Å². The van der Waals surface area contributed by atoms with Gasteiger partial charge in [0.1, 0.15) is 10.9 Å². The van der Waals surface area contributed by atoms with Crippen molar-refractivity contribution in [2.75, 3.05) is 7.11 Å². The van der Waals surface area contributed by atoms with Gasteiger partial charge in [-0.15, -0.1) is 0 Å². The maximum absolute atomic E-state index is 13.1. The first-order chi connectivity index (χ1) is 13.3. The molecule has 0 aliphatic carbocycles. The smallest absolute Gasteiger partial charge is 0.280 e. The van der Waals surface area contributed by atoms with E-state index in [1.54, 1.807) is 7.11 Å². The Morgan fingerprint density at radius 3 is 2.29 bits per heavy atom. The van der Waals surface area contributed by atoms with Crippen molar-refractivity contribution in [2.24, 2.45) is 0 Å². The number of aryl methyl sites for hydroxylation is 3. The number of rotatable bonds is 5. The molecule has 0 fully saturated rings. The van der Waals surface area contributed by atoms with Crippen LogP contribution in [-0.2, 0) is 6.54 Å². The minimum atomic E-state index is -0.468. The summed E-state index contributed by atoms with van der Waals surface area (Å²) in [6.07, 6.45) is 1.44. The van der Waals surface area contributed by atoms with Gasteiger partial charge >= 0.3 is 0 Å². The zero-order valence-corrected chi connectivity index (χ0v) is 17.0. The molecular weight excluding hydrogens is 376 g/mol. The van der Waals surface area contributed by atoms with E-state index in [1.807, 2.05) is 57.2 Å². The number of halogens is 1. The Kier molecular flexibility index (Phi) is 5.66. The Hall–Kier alpha value is -2.92. The highest BCUT2D eigenvalue weighted by atomic mass is 35.5. The second kappa shape index (κ2) is 7.98. The highest BCUT2D eigenvalue weighted by Gasteiger charge is 2.21. The van der Waals surface area contributed by atoms with Gasteiger partial charge in [-0.3, -0.25) is 9.59 Å². The number of hydrogen-bond donors (Lipinski definition) is 0. The zero-order valence-electron chi connectivity index (χ0n) is 16.2. The van der Waals surface area contributed by atoms with E-state index in [9.17, 15) is 9.59 Å². The lowest BCUT2D eigenvalue weighted by molar-refractivity contribution is 0.103. The molecule has 0 aliphatic rings. The molecule has 0 aliphatic heterocycles. The van der Waals surface area contributed by atoms with Crippen molar-refractivity contribution in [3.05, 3.63) is 91.6 Å². The van der Waals surface area contributed by atoms with Gasteiger partial charge in [-0.1, -0.05) is 41.4 Å². The highest BCUT2D eigenvalue weighted by Crippen LogP contribution is 2.19. The molecule has 0 spiro atoms. The number of nitrogens with zero attached hydrogens (tertiary/aromatic N) is 2. The SMILES string of the molecule is COc1ccc(Cn2cc(Cl)nc(C(=O)c3c(C)cc(C)cc3C)c2=O)cc1. The number of ether oxygens (including phenoxy) is 1. The van der Waals surface area contributed by atoms with E-state index in [-0.39, 0.29) is 17.4 Å². The van der Waals surface area contributed by atoms with Crippen molar-refractivity contribution in [3.63, 3.8) is 0 Å². The molecule has 0 saturated heterocycles. The Morgan fingerprint density at radius 2 is 1.71 bits per heavy atom. The molecule has 0 saturated carbocycles. The Balaban J connectivity index is 2.03. The molecule has 28 heavy (non-hydrogen) atoms. The fraction of sp³-hybridized carbons (Fsp3) is 0.227. The minimum absolute atomic E-state index is 0.0962. The summed E-state index contributed by atoms with van der Waals surface area (Å²) in [4.78, 5) is 30.1. The molecule has 1 aromatic heterocycles. The fourth-order valence-corrected chi connectivity index (χ4v) is 3.56. The standard InChI is InChI=1S/C22H21ClN2O3/c1-13-9-14(2)19(15(3)10-13)21(26)20-22(27)25(12-18(23)24-20)11-16-5-7-17(28-4)8-6-16/h5-10,12H,11H2,1-4H3. The lowest BCUT2D eigenvalue weighted by Crippen LogP contribution is -2.29. The molecule has 1 heterocycles. The van der Waals surface area contributed by atoms with Crippen molar-refractivity contribution >= 4 is 17.4 Å². The van der Waals surface area contributed by atoms with E-state index in [0.717, 1.165) is 28.0 Å². The Labute approximate surface area is 168 Å². The molecule has 0 radical (unpaired) electrons. The second-order valence-corrected chi connectivity index (χ2v) is 7.18. The van der Waals surface area contributed by atoms with Crippen molar-refractivity contribution in [2.45, 2.75) is 27.3 Å². The van der Waals surface area contributed by atoms with Crippen LogP contribution < -0.4 is 10.3 Å². The van der Waals surface area contributed by atoms with Crippen LogP contribution in [0.5, 0.6) is 5.75 Å². The van der Waals surface area contributed by atoms with Gasteiger partial charge in [0.15, 0.2) is 5.69 Å². The minimum Gasteiger partial charge on any atom is -0.497 e. The van der Waals surface area contributed by atoms with Crippen LogP contribution in [0.15, 0.2) is 47.4 Å². The third-order valence-corrected chi connectivity index (χ3v) is 4.76. The van der Waals surface area contributed by atoms with Gasteiger partial charge in [-0.25, -0.2) is 4.98 Å². The van der Waals surface area contributed by atoms with Gasteiger partial charge in [0.2, 0.25) is 5.78 Å². The average Bonchev–Trinajstić information content (AvgIpc) is 2.64. The van der Waals surface area contributed by atoms with Gasteiger partial charge in [0.25, 0.3) is 5.56 Å². The number of aromatic nitrogens is 2. The van der Waals surface area contributed by atoms with Crippen LogP contribution in [0.4, 0.5) is 0 Å². The van der Waals surface area contributed by atoms with Gasteiger partial charge in [-0.2, -0.15) is 0 Å². The van der Waals surface area contributed by atoms with E-state index in [0.29, 0.717) is 5.56 Å². The van der Waals surface area contributed by atoms with Crippen molar-refractivity contribution in [3.8, 4) is 5.75 Å². The molecule has 0 unspecified atom stereocenters.